The standard InChI is InChI=1S/C11H16FNO2S/c1-11(13,6-7-16(2,14)15)9-4-3-5-10(12)8-9/h3-5,8H,6-7,13H2,1-2H3. The second kappa shape index (κ2) is 4.51. The minimum Gasteiger partial charge on any atom is -0.322 e. The van der Waals surface area contributed by atoms with Gasteiger partial charge in [0.15, 0.2) is 0 Å². The maximum atomic E-state index is 13.0. The Morgan fingerprint density at radius 1 is 1.44 bits per heavy atom. The quantitative estimate of drug-likeness (QED) is 0.873. The van der Waals surface area contributed by atoms with E-state index in [2.05, 4.69) is 0 Å². The normalized spacial score (nSPS) is 15.8. The third kappa shape index (κ3) is 3.90. The molecule has 1 aromatic rings. The van der Waals surface area contributed by atoms with Gasteiger partial charge in [0.05, 0.1) is 5.75 Å². The molecule has 1 atom stereocenters. The molecule has 0 aliphatic rings. The molecule has 0 saturated heterocycles. The van der Waals surface area contributed by atoms with E-state index in [1.807, 2.05) is 0 Å². The lowest BCUT2D eigenvalue weighted by Crippen LogP contribution is -2.35. The number of halogens is 1. The molecule has 1 aromatic carbocycles. The molecule has 5 heteroatoms. The molecule has 0 heterocycles. The third-order valence-corrected chi connectivity index (χ3v) is 3.42. The molecule has 0 saturated carbocycles. The SMILES string of the molecule is CC(N)(CCS(C)(=O)=O)c1cccc(F)c1. The Balaban J connectivity index is 2.85. The summed E-state index contributed by atoms with van der Waals surface area (Å²) in [6, 6.07) is 5.93. The molecule has 16 heavy (non-hydrogen) atoms. The van der Waals surface area contributed by atoms with Crippen molar-refractivity contribution >= 4 is 9.84 Å². The van der Waals surface area contributed by atoms with Crippen molar-refractivity contribution in [3.05, 3.63) is 35.6 Å². The molecule has 0 bridgehead atoms. The third-order valence-electron chi connectivity index (χ3n) is 2.48. The van der Waals surface area contributed by atoms with Crippen LogP contribution in [0.1, 0.15) is 18.9 Å². The van der Waals surface area contributed by atoms with Crippen molar-refractivity contribution in [3.63, 3.8) is 0 Å². The van der Waals surface area contributed by atoms with Gasteiger partial charge in [0.25, 0.3) is 0 Å². The van der Waals surface area contributed by atoms with Gasteiger partial charge in [0.1, 0.15) is 15.7 Å². The summed E-state index contributed by atoms with van der Waals surface area (Å²) in [6.45, 7) is 1.70. The van der Waals surface area contributed by atoms with Crippen LogP contribution in [0.5, 0.6) is 0 Å². The fourth-order valence-electron chi connectivity index (χ4n) is 1.39. The van der Waals surface area contributed by atoms with Crippen molar-refractivity contribution < 1.29 is 12.8 Å². The lowest BCUT2D eigenvalue weighted by Gasteiger charge is -2.24. The van der Waals surface area contributed by atoms with E-state index in [0.717, 1.165) is 6.26 Å². The summed E-state index contributed by atoms with van der Waals surface area (Å²) in [7, 11) is -3.05. The molecule has 1 unspecified atom stereocenters. The van der Waals surface area contributed by atoms with Crippen molar-refractivity contribution in [1.82, 2.24) is 0 Å². The predicted molar refractivity (Wildman–Crippen MR) is 62.3 cm³/mol. The molecule has 3 nitrogen and oxygen atoms in total. The van der Waals surface area contributed by atoms with Gasteiger partial charge >= 0.3 is 0 Å². The Morgan fingerprint density at radius 3 is 2.56 bits per heavy atom. The van der Waals surface area contributed by atoms with Crippen LogP contribution >= 0.6 is 0 Å². The molecule has 0 amide bonds. The van der Waals surface area contributed by atoms with Gasteiger partial charge in [0, 0.05) is 11.8 Å². The van der Waals surface area contributed by atoms with Crippen LogP contribution in [0.2, 0.25) is 0 Å². The van der Waals surface area contributed by atoms with E-state index in [4.69, 9.17) is 5.73 Å². The number of hydrogen-bond donors (Lipinski definition) is 1. The average molecular weight is 245 g/mol. The maximum absolute atomic E-state index is 13.0. The Hall–Kier alpha value is -0.940. The first kappa shape index (κ1) is 13.1. The fraction of sp³-hybridized carbons (Fsp3) is 0.455. The smallest absolute Gasteiger partial charge is 0.147 e. The fourth-order valence-corrected chi connectivity index (χ4v) is 2.18. The van der Waals surface area contributed by atoms with Crippen LogP contribution in [0, 0.1) is 5.82 Å². The molecule has 0 aliphatic heterocycles. The van der Waals surface area contributed by atoms with Crippen LogP contribution in [-0.2, 0) is 15.4 Å². The Labute approximate surface area is 95.4 Å². The first-order chi connectivity index (χ1) is 7.21. The lowest BCUT2D eigenvalue weighted by molar-refractivity contribution is 0.469. The number of sulfone groups is 1. The first-order valence-corrected chi connectivity index (χ1v) is 6.99. The molecular formula is C11H16FNO2S. The summed E-state index contributed by atoms with van der Waals surface area (Å²) in [4.78, 5) is 0. The molecule has 1 rings (SSSR count). The van der Waals surface area contributed by atoms with E-state index >= 15 is 0 Å². The van der Waals surface area contributed by atoms with Gasteiger partial charge < -0.3 is 5.73 Å². The van der Waals surface area contributed by atoms with Crippen LogP contribution in [0.15, 0.2) is 24.3 Å². The minimum absolute atomic E-state index is 0.00346. The summed E-state index contributed by atoms with van der Waals surface area (Å²) in [5.41, 5.74) is 5.76. The highest BCUT2D eigenvalue weighted by molar-refractivity contribution is 7.90. The van der Waals surface area contributed by atoms with Gasteiger partial charge in [0.2, 0.25) is 0 Å². The van der Waals surface area contributed by atoms with Crippen molar-refractivity contribution in [1.29, 1.82) is 0 Å². The summed E-state index contributed by atoms with van der Waals surface area (Å²) in [6.07, 6.45) is 1.43. The van der Waals surface area contributed by atoms with E-state index in [1.165, 1.54) is 12.1 Å². The van der Waals surface area contributed by atoms with Gasteiger partial charge in [-0.05, 0) is 31.0 Å². The highest BCUT2D eigenvalue weighted by Crippen LogP contribution is 2.22. The van der Waals surface area contributed by atoms with Crippen molar-refractivity contribution in [2.75, 3.05) is 12.0 Å². The summed E-state index contributed by atoms with van der Waals surface area (Å²) < 4.78 is 35.1. The van der Waals surface area contributed by atoms with Gasteiger partial charge in [-0.25, -0.2) is 12.8 Å². The summed E-state index contributed by atoms with van der Waals surface area (Å²) >= 11 is 0. The van der Waals surface area contributed by atoms with E-state index in [9.17, 15) is 12.8 Å². The van der Waals surface area contributed by atoms with Crippen molar-refractivity contribution in [3.8, 4) is 0 Å². The first-order valence-electron chi connectivity index (χ1n) is 4.93. The van der Waals surface area contributed by atoms with E-state index in [1.54, 1.807) is 19.1 Å². The number of nitrogens with two attached hydrogens (primary N) is 1. The van der Waals surface area contributed by atoms with Crippen LogP contribution in [0.25, 0.3) is 0 Å². The number of benzene rings is 1. The zero-order valence-electron chi connectivity index (χ0n) is 9.40. The second-order valence-corrected chi connectivity index (χ2v) is 6.57. The molecule has 0 aromatic heterocycles. The largest absolute Gasteiger partial charge is 0.322 e. The van der Waals surface area contributed by atoms with E-state index in [-0.39, 0.29) is 18.0 Å². The van der Waals surface area contributed by atoms with Gasteiger partial charge in [-0.1, -0.05) is 12.1 Å². The van der Waals surface area contributed by atoms with Crippen molar-refractivity contribution in [2.45, 2.75) is 18.9 Å². The molecule has 2 N–H and O–H groups in total. The zero-order valence-corrected chi connectivity index (χ0v) is 10.2. The number of hydrogen-bond acceptors (Lipinski definition) is 3. The monoisotopic (exact) mass is 245 g/mol. The average Bonchev–Trinajstić information content (AvgIpc) is 2.14. The summed E-state index contributed by atoms with van der Waals surface area (Å²) in [5, 5.41) is 0. The highest BCUT2D eigenvalue weighted by atomic mass is 32.2. The van der Waals surface area contributed by atoms with E-state index < -0.39 is 15.4 Å². The molecule has 90 valence electrons. The molecular weight excluding hydrogens is 229 g/mol. The number of rotatable bonds is 4. The van der Waals surface area contributed by atoms with Gasteiger partial charge in [-0.3, -0.25) is 0 Å². The minimum atomic E-state index is -3.05. The van der Waals surface area contributed by atoms with E-state index in [0.29, 0.717) is 5.56 Å². The summed E-state index contributed by atoms with van der Waals surface area (Å²) in [5.74, 6) is -0.371. The lowest BCUT2D eigenvalue weighted by atomic mass is 9.90. The van der Waals surface area contributed by atoms with Crippen LogP contribution < -0.4 is 5.73 Å². The topological polar surface area (TPSA) is 60.2 Å². The highest BCUT2D eigenvalue weighted by Gasteiger charge is 2.23. The molecule has 0 fully saturated rings. The predicted octanol–water partition coefficient (Wildman–Crippen LogP) is 1.43. The molecule has 0 spiro atoms. The zero-order chi connectivity index (χ0) is 12.4. The maximum Gasteiger partial charge on any atom is 0.147 e. The molecule has 0 aliphatic carbocycles. The Bertz CT molecular complexity index is 469. The van der Waals surface area contributed by atoms with Crippen LogP contribution in [-0.4, -0.2) is 20.4 Å². The Morgan fingerprint density at radius 2 is 2.06 bits per heavy atom. The van der Waals surface area contributed by atoms with Gasteiger partial charge in [-0.15, -0.1) is 0 Å². The van der Waals surface area contributed by atoms with Gasteiger partial charge in [-0.2, -0.15) is 0 Å². The van der Waals surface area contributed by atoms with Crippen molar-refractivity contribution in [2.24, 2.45) is 5.73 Å². The van der Waals surface area contributed by atoms with Crippen LogP contribution in [0.4, 0.5) is 4.39 Å². The Kier molecular flexibility index (Phi) is 3.70. The second-order valence-electron chi connectivity index (χ2n) is 4.31. The molecule has 0 radical (unpaired) electrons. The van der Waals surface area contributed by atoms with Crippen LogP contribution in [0.3, 0.4) is 0 Å².